The number of benzene rings is 2. The van der Waals surface area contributed by atoms with Gasteiger partial charge in [0.2, 0.25) is 0 Å². The van der Waals surface area contributed by atoms with Crippen molar-refractivity contribution in [2.45, 2.75) is 18.8 Å². The van der Waals surface area contributed by atoms with Gasteiger partial charge in [0.25, 0.3) is 5.91 Å². The van der Waals surface area contributed by atoms with Crippen molar-refractivity contribution in [3.63, 3.8) is 0 Å². The second-order valence-corrected chi connectivity index (χ2v) is 7.73. The van der Waals surface area contributed by atoms with E-state index in [0.717, 1.165) is 37.3 Å². The maximum Gasteiger partial charge on any atom is 0.259 e. The van der Waals surface area contributed by atoms with E-state index in [1.807, 2.05) is 18.2 Å². The van der Waals surface area contributed by atoms with Crippen LogP contribution in [0, 0.1) is 5.82 Å². The summed E-state index contributed by atoms with van der Waals surface area (Å²) in [5.74, 6) is -0.696. The second kappa shape index (κ2) is 8.53. The Labute approximate surface area is 177 Å². The van der Waals surface area contributed by atoms with Crippen LogP contribution in [-0.2, 0) is 0 Å². The number of nitrogens with one attached hydrogen (secondary N) is 2. The van der Waals surface area contributed by atoms with Crippen molar-refractivity contribution in [2.24, 2.45) is 0 Å². The fourth-order valence-electron chi connectivity index (χ4n) is 3.61. The first kappa shape index (κ1) is 19.9. The summed E-state index contributed by atoms with van der Waals surface area (Å²) in [4.78, 5) is 13.1. The molecule has 2 heterocycles. The van der Waals surface area contributed by atoms with E-state index in [0.29, 0.717) is 16.3 Å². The number of amides is 1. The maximum atomic E-state index is 13.4. The van der Waals surface area contributed by atoms with Crippen molar-refractivity contribution in [3.05, 3.63) is 75.8 Å². The zero-order chi connectivity index (χ0) is 20.4. The molecule has 1 saturated heterocycles. The van der Waals surface area contributed by atoms with Gasteiger partial charge in [-0.2, -0.15) is 5.10 Å². The number of carbonyl (C=O) groups is 1. The van der Waals surface area contributed by atoms with E-state index in [2.05, 4.69) is 15.7 Å². The van der Waals surface area contributed by atoms with Crippen molar-refractivity contribution < 1.29 is 9.18 Å². The van der Waals surface area contributed by atoms with E-state index in [1.165, 1.54) is 18.2 Å². The summed E-state index contributed by atoms with van der Waals surface area (Å²) in [5.41, 5.74) is 2.44. The van der Waals surface area contributed by atoms with Crippen LogP contribution in [0.5, 0.6) is 0 Å². The van der Waals surface area contributed by atoms with Crippen LogP contribution in [0.4, 0.5) is 10.1 Å². The highest BCUT2D eigenvalue weighted by molar-refractivity contribution is 6.32. The van der Waals surface area contributed by atoms with Gasteiger partial charge in [0.1, 0.15) is 5.82 Å². The van der Waals surface area contributed by atoms with Crippen LogP contribution < -0.4 is 10.6 Å². The fraction of sp³-hybridized carbons (Fsp3) is 0.238. The third-order valence-corrected chi connectivity index (χ3v) is 5.64. The highest BCUT2D eigenvalue weighted by atomic mass is 35.5. The summed E-state index contributed by atoms with van der Waals surface area (Å²) in [7, 11) is 0. The Morgan fingerprint density at radius 3 is 2.62 bits per heavy atom. The van der Waals surface area contributed by atoms with Crippen molar-refractivity contribution in [3.8, 4) is 5.69 Å². The number of hydrogen-bond acceptors (Lipinski definition) is 3. The molecule has 5 nitrogen and oxygen atoms in total. The lowest BCUT2D eigenvalue weighted by molar-refractivity contribution is 0.102. The Kier molecular flexibility index (Phi) is 5.85. The molecule has 1 amide bonds. The third kappa shape index (κ3) is 4.15. The summed E-state index contributed by atoms with van der Waals surface area (Å²) in [6.45, 7) is 1.74. The van der Waals surface area contributed by atoms with Crippen LogP contribution in [0.2, 0.25) is 10.0 Å². The minimum atomic E-state index is -0.536. The van der Waals surface area contributed by atoms with Gasteiger partial charge in [-0.05, 0) is 56.3 Å². The van der Waals surface area contributed by atoms with Gasteiger partial charge in [-0.25, -0.2) is 9.07 Å². The molecule has 1 aliphatic rings. The van der Waals surface area contributed by atoms with Gasteiger partial charge in [0.15, 0.2) is 0 Å². The molecule has 0 bridgehead atoms. The number of rotatable bonds is 4. The average Bonchev–Trinajstić information content (AvgIpc) is 3.17. The van der Waals surface area contributed by atoms with Gasteiger partial charge in [0.05, 0.1) is 33.2 Å². The Balaban J connectivity index is 1.73. The molecule has 0 aliphatic carbocycles. The zero-order valence-electron chi connectivity index (χ0n) is 15.5. The molecule has 2 N–H and O–H groups in total. The molecule has 4 rings (SSSR count). The SMILES string of the molecule is O=C(Nc1ccc(F)c(Cl)c1)c1cnn(-c2ccccc2Cl)c1C1CCNCC1. The topological polar surface area (TPSA) is 59.0 Å². The smallest absolute Gasteiger partial charge is 0.259 e. The van der Waals surface area contributed by atoms with Crippen LogP contribution in [0.25, 0.3) is 5.69 Å². The predicted molar refractivity (Wildman–Crippen MR) is 113 cm³/mol. The first-order chi connectivity index (χ1) is 14.0. The molecule has 0 radical (unpaired) electrons. The summed E-state index contributed by atoms with van der Waals surface area (Å²) in [6, 6.07) is 11.5. The Bertz CT molecular complexity index is 1050. The average molecular weight is 433 g/mol. The molecule has 0 spiro atoms. The van der Waals surface area contributed by atoms with Crippen LogP contribution in [0.1, 0.15) is 34.8 Å². The van der Waals surface area contributed by atoms with Crippen LogP contribution >= 0.6 is 23.2 Å². The van der Waals surface area contributed by atoms with E-state index in [-0.39, 0.29) is 16.8 Å². The molecule has 1 fully saturated rings. The van der Waals surface area contributed by atoms with Gasteiger partial charge in [-0.3, -0.25) is 4.79 Å². The lowest BCUT2D eigenvalue weighted by Gasteiger charge is -2.25. The molecule has 0 atom stereocenters. The van der Waals surface area contributed by atoms with E-state index in [4.69, 9.17) is 23.2 Å². The highest BCUT2D eigenvalue weighted by Crippen LogP contribution is 2.32. The van der Waals surface area contributed by atoms with Crippen molar-refractivity contribution in [2.75, 3.05) is 18.4 Å². The molecule has 1 aliphatic heterocycles. The molecule has 1 aromatic heterocycles. The van der Waals surface area contributed by atoms with Crippen molar-refractivity contribution >= 4 is 34.8 Å². The minimum Gasteiger partial charge on any atom is -0.322 e. The quantitative estimate of drug-likeness (QED) is 0.607. The summed E-state index contributed by atoms with van der Waals surface area (Å²) in [5, 5.41) is 11.1. The van der Waals surface area contributed by atoms with Crippen LogP contribution in [0.3, 0.4) is 0 Å². The molecule has 2 aromatic carbocycles. The molecule has 0 saturated carbocycles. The number of piperidine rings is 1. The number of anilines is 1. The van der Waals surface area contributed by atoms with E-state index in [1.54, 1.807) is 16.9 Å². The third-order valence-electron chi connectivity index (χ3n) is 5.04. The number of carbonyl (C=O) groups excluding carboxylic acids is 1. The molecule has 29 heavy (non-hydrogen) atoms. The first-order valence-electron chi connectivity index (χ1n) is 9.34. The maximum absolute atomic E-state index is 13.4. The number of hydrogen-bond donors (Lipinski definition) is 2. The largest absolute Gasteiger partial charge is 0.322 e. The van der Waals surface area contributed by atoms with Gasteiger partial charge in [0, 0.05) is 11.6 Å². The minimum absolute atomic E-state index is 0.0480. The first-order valence-corrected chi connectivity index (χ1v) is 10.1. The van der Waals surface area contributed by atoms with Gasteiger partial charge >= 0.3 is 0 Å². The Hall–Kier alpha value is -2.41. The predicted octanol–water partition coefficient (Wildman–Crippen LogP) is 5.04. The van der Waals surface area contributed by atoms with Gasteiger partial charge < -0.3 is 10.6 Å². The second-order valence-electron chi connectivity index (χ2n) is 6.91. The van der Waals surface area contributed by atoms with E-state index in [9.17, 15) is 9.18 Å². The summed E-state index contributed by atoms with van der Waals surface area (Å²) < 4.78 is 15.2. The summed E-state index contributed by atoms with van der Waals surface area (Å²) >= 11 is 12.2. The van der Waals surface area contributed by atoms with Crippen molar-refractivity contribution in [1.29, 1.82) is 0 Å². The highest BCUT2D eigenvalue weighted by Gasteiger charge is 2.27. The standard InChI is InChI=1S/C21H19Cl2FN4O/c22-16-3-1-2-4-19(16)28-20(13-7-9-25-10-8-13)15(12-26-28)21(29)27-14-5-6-18(24)17(23)11-14/h1-6,11-13,25H,7-10H2,(H,27,29). The van der Waals surface area contributed by atoms with Gasteiger partial charge in [-0.1, -0.05) is 35.3 Å². The monoisotopic (exact) mass is 432 g/mol. The number of nitrogens with zero attached hydrogens (tertiary/aromatic N) is 2. The zero-order valence-corrected chi connectivity index (χ0v) is 17.0. The number of para-hydroxylation sites is 1. The number of halogens is 3. The van der Waals surface area contributed by atoms with Crippen LogP contribution in [0.15, 0.2) is 48.7 Å². The van der Waals surface area contributed by atoms with Gasteiger partial charge in [-0.15, -0.1) is 0 Å². The molecule has 0 unspecified atom stereocenters. The van der Waals surface area contributed by atoms with Crippen molar-refractivity contribution in [1.82, 2.24) is 15.1 Å². The Morgan fingerprint density at radius 2 is 1.90 bits per heavy atom. The molecular formula is C21H19Cl2FN4O. The van der Waals surface area contributed by atoms with E-state index < -0.39 is 5.82 Å². The molecule has 3 aromatic rings. The lowest BCUT2D eigenvalue weighted by atomic mass is 9.91. The molecular weight excluding hydrogens is 414 g/mol. The summed E-state index contributed by atoms with van der Waals surface area (Å²) in [6.07, 6.45) is 3.33. The molecule has 150 valence electrons. The Morgan fingerprint density at radius 1 is 1.14 bits per heavy atom. The number of aromatic nitrogens is 2. The normalized spacial score (nSPS) is 14.7. The lowest BCUT2D eigenvalue weighted by Crippen LogP contribution is -2.29. The fourth-order valence-corrected chi connectivity index (χ4v) is 4.01. The van der Waals surface area contributed by atoms with Crippen LogP contribution in [-0.4, -0.2) is 28.8 Å². The molecule has 8 heteroatoms. The van der Waals surface area contributed by atoms with E-state index >= 15 is 0 Å².